The number of benzene rings is 1. The van der Waals surface area contributed by atoms with E-state index in [9.17, 15) is 4.79 Å². The number of nitrogens with zero attached hydrogens (tertiary/aromatic N) is 3. The van der Waals surface area contributed by atoms with Crippen LogP contribution in [0.2, 0.25) is 0 Å². The Morgan fingerprint density at radius 2 is 2.20 bits per heavy atom. The summed E-state index contributed by atoms with van der Waals surface area (Å²) in [6.45, 7) is 4.66. The van der Waals surface area contributed by atoms with Gasteiger partial charge in [-0.1, -0.05) is 12.1 Å². The number of hydrogen-bond donors (Lipinski definition) is 2. The molecule has 0 saturated carbocycles. The third kappa shape index (κ3) is 3.41. The minimum absolute atomic E-state index is 0.335. The second kappa shape index (κ2) is 7.14. The zero-order valence-electron chi connectivity index (χ0n) is 14.9. The van der Waals surface area contributed by atoms with Gasteiger partial charge in [0.2, 0.25) is 5.91 Å². The molecular formula is C19H27N5O. The third-order valence-electron chi connectivity index (χ3n) is 5.64. The lowest BCUT2D eigenvalue weighted by Crippen LogP contribution is -2.56. The third-order valence-corrected chi connectivity index (χ3v) is 5.64. The molecule has 25 heavy (non-hydrogen) atoms. The number of carbonyl (C=O) groups excluding carboxylic acids is 1. The first-order valence-electron chi connectivity index (χ1n) is 9.34. The zero-order chi connectivity index (χ0) is 17.2. The van der Waals surface area contributed by atoms with Gasteiger partial charge < -0.3 is 15.2 Å². The Morgan fingerprint density at radius 1 is 1.32 bits per heavy atom. The van der Waals surface area contributed by atoms with Crippen molar-refractivity contribution in [1.82, 2.24) is 25.1 Å². The second-order valence-corrected chi connectivity index (χ2v) is 7.28. The summed E-state index contributed by atoms with van der Waals surface area (Å²) in [5.41, 5.74) is 2.14. The van der Waals surface area contributed by atoms with Crippen LogP contribution in [-0.4, -0.2) is 64.9 Å². The number of piperidine rings is 2. The van der Waals surface area contributed by atoms with E-state index in [0.717, 1.165) is 62.4 Å². The number of aromatic amines is 1. The van der Waals surface area contributed by atoms with Crippen LogP contribution in [0.25, 0.3) is 11.0 Å². The molecule has 2 saturated heterocycles. The summed E-state index contributed by atoms with van der Waals surface area (Å²) in [7, 11) is 1.95. The lowest BCUT2D eigenvalue weighted by molar-refractivity contribution is -0.141. The fourth-order valence-corrected chi connectivity index (χ4v) is 4.39. The molecule has 0 spiro atoms. The smallest absolute Gasteiger partial charge is 0.222 e. The zero-order valence-corrected chi connectivity index (χ0v) is 14.9. The van der Waals surface area contributed by atoms with E-state index in [1.165, 1.54) is 0 Å². The van der Waals surface area contributed by atoms with E-state index in [4.69, 9.17) is 4.98 Å². The number of imidazole rings is 1. The Morgan fingerprint density at radius 3 is 3.04 bits per heavy atom. The number of likely N-dealkylation sites (tertiary alicyclic amines) is 2. The molecule has 1 aromatic carbocycles. The van der Waals surface area contributed by atoms with Crippen molar-refractivity contribution < 1.29 is 4.79 Å². The molecule has 3 heterocycles. The minimum Gasteiger partial charge on any atom is -0.341 e. The lowest BCUT2D eigenvalue weighted by atomic mass is 9.83. The van der Waals surface area contributed by atoms with Crippen molar-refractivity contribution in [3.8, 4) is 0 Å². The predicted octanol–water partition coefficient (Wildman–Crippen LogP) is 1.60. The second-order valence-electron chi connectivity index (χ2n) is 7.28. The molecule has 1 aromatic heterocycles. The van der Waals surface area contributed by atoms with E-state index in [0.29, 0.717) is 24.3 Å². The van der Waals surface area contributed by atoms with E-state index in [-0.39, 0.29) is 0 Å². The van der Waals surface area contributed by atoms with Crippen molar-refractivity contribution in [2.45, 2.75) is 31.8 Å². The van der Waals surface area contributed by atoms with E-state index >= 15 is 0 Å². The summed E-state index contributed by atoms with van der Waals surface area (Å²) in [5.74, 6) is 1.97. The molecular weight excluding hydrogens is 314 g/mol. The number of para-hydroxylation sites is 2. The van der Waals surface area contributed by atoms with Gasteiger partial charge in [-0.15, -0.1) is 0 Å². The average molecular weight is 341 g/mol. The van der Waals surface area contributed by atoms with E-state index in [1.54, 1.807) is 0 Å². The topological polar surface area (TPSA) is 64.3 Å². The van der Waals surface area contributed by atoms with Crippen LogP contribution in [0.5, 0.6) is 0 Å². The van der Waals surface area contributed by atoms with Crippen molar-refractivity contribution in [2.24, 2.45) is 5.92 Å². The maximum atomic E-state index is 12.3. The Labute approximate surface area is 148 Å². The first-order chi connectivity index (χ1) is 12.2. The predicted molar refractivity (Wildman–Crippen MR) is 98.1 cm³/mol. The molecule has 0 aliphatic carbocycles. The monoisotopic (exact) mass is 341 g/mol. The van der Waals surface area contributed by atoms with Crippen molar-refractivity contribution in [3.63, 3.8) is 0 Å². The molecule has 0 radical (unpaired) electrons. The molecule has 2 aromatic rings. The van der Waals surface area contributed by atoms with Crippen molar-refractivity contribution >= 4 is 16.9 Å². The van der Waals surface area contributed by atoms with Gasteiger partial charge in [0.25, 0.3) is 0 Å². The number of likely N-dealkylation sites (N-methyl/N-ethyl adjacent to an activating group) is 1. The van der Waals surface area contributed by atoms with Gasteiger partial charge in [0.15, 0.2) is 0 Å². The van der Waals surface area contributed by atoms with E-state index in [2.05, 4.69) is 26.2 Å². The number of aromatic nitrogens is 2. The first-order valence-corrected chi connectivity index (χ1v) is 9.34. The highest BCUT2D eigenvalue weighted by molar-refractivity contribution is 5.77. The van der Waals surface area contributed by atoms with Crippen LogP contribution in [0.3, 0.4) is 0 Å². The number of hydrogen-bond acceptors (Lipinski definition) is 4. The standard InChI is InChI=1S/C19H27N5O/c1-20-9-11-24-17-8-10-23(12-14(17)6-7-19(24)25)13-18-21-15-4-2-3-5-16(15)22-18/h2-5,14,17,20H,6-13H2,1H3,(H,21,22)/t14-,17+/m0/s1. The van der Waals surface area contributed by atoms with Gasteiger partial charge in [0.1, 0.15) is 5.82 Å². The highest BCUT2D eigenvalue weighted by Gasteiger charge is 2.38. The van der Waals surface area contributed by atoms with Gasteiger partial charge >= 0.3 is 0 Å². The van der Waals surface area contributed by atoms with Crippen LogP contribution in [0.15, 0.2) is 24.3 Å². The highest BCUT2D eigenvalue weighted by atomic mass is 16.2. The molecule has 4 rings (SSSR count). The van der Waals surface area contributed by atoms with Gasteiger partial charge in [-0.3, -0.25) is 9.69 Å². The molecule has 2 aliphatic heterocycles. The van der Waals surface area contributed by atoms with Gasteiger partial charge in [-0.2, -0.15) is 0 Å². The SMILES string of the molecule is CNCCN1C(=O)CC[C@H]2CN(Cc3nc4ccccc4[nH]3)CC[C@H]21. The number of amides is 1. The highest BCUT2D eigenvalue weighted by Crippen LogP contribution is 2.31. The number of H-pyrrole nitrogens is 1. The van der Waals surface area contributed by atoms with Crippen molar-refractivity contribution in [2.75, 3.05) is 33.2 Å². The molecule has 2 atom stereocenters. The Balaban J connectivity index is 1.41. The molecule has 2 aliphatic rings. The van der Waals surface area contributed by atoms with Crippen LogP contribution in [0.1, 0.15) is 25.1 Å². The van der Waals surface area contributed by atoms with Gasteiger partial charge in [0.05, 0.1) is 17.6 Å². The summed E-state index contributed by atoms with van der Waals surface area (Å²) in [6.07, 6.45) is 2.79. The maximum absolute atomic E-state index is 12.3. The average Bonchev–Trinajstić information content (AvgIpc) is 3.03. The Kier molecular flexibility index (Phi) is 4.72. The summed E-state index contributed by atoms with van der Waals surface area (Å²) < 4.78 is 0. The molecule has 0 bridgehead atoms. The number of rotatable bonds is 5. The number of nitrogens with one attached hydrogen (secondary N) is 2. The van der Waals surface area contributed by atoms with Gasteiger partial charge in [-0.05, 0) is 37.9 Å². The molecule has 6 nitrogen and oxygen atoms in total. The van der Waals surface area contributed by atoms with Crippen LogP contribution in [-0.2, 0) is 11.3 Å². The number of carbonyl (C=O) groups is 1. The first kappa shape index (κ1) is 16.5. The molecule has 1 amide bonds. The lowest BCUT2D eigenvalue weighted by Gasteiger charge is -2.47. The molecule has 134 valence electrons. The largest absolute Gasteiger partial charge is 0.341 e. The fraction of sp³-hybridized carbons (Fsp3) is 0.579. The van der Waals surface area contributed by atoms with Crippen molar-refractivity contribution in [3.05, 3.63) is 30.1 Å². The molecule has 2 N–H and O–H groups in total. The quantitative estimate of drug-likeness (QED) is 0.867. The number of fused-ring (bicyclic) bond motifs is 2. The van der Waals surface area contributed by atoms with Crippen LogP contribution < -0.4 is 5.32 Å². The van der Waals surface area contributed by atoms with Crippen molar-refractivity contribution in [1.29, 1.82) is 0 Å². The van der Waals surface area contributed by atoms with Crippen LogP contribution in [0, 0.1) is 5.92 Å². The van der Waals surface area contributed by atoms with E-state index in [1.807, 2.05) is 25.2 Å². The van der Waals surface area contributed by atoms with E-state index < -0.39 is 0 Å². The molecule has 0 unspecified atom stereocenters. The summed E-state index contributed by atoms with van der Waals surface area (Å²) >= 11 is 0. The van der Waals surface area contributed by atoms with Gasteiger partial charge in [0, 0.05) is 38.6 Å². The minimum atomic E-state index is 0.335. The fourth-order valence-electron chi connectivity index (χ4n) is 4.39. The summed E-state index contributed by atoms with van der Waals surface area (Å²) in [5, 5.41) is 3.17. The Bertz CT molecular complexity index is 709. The maximum Gasteiger partial charge on any atom is 0.222 e. The van der Waals surface area contributed by atoms with Gasteiger partial charge in [-0.25, -0.2) is 4.98 Å². The normalized spacial score (nSPS) is 24.7. The molecule has 6 heteroatoms. The summed E-state index contributed by atoms with van der Waals surface area (Å²) in [6, 6.07) is 8.60. The van der Waals surface area contributed by atoms with Crippen LogP contribution >= 0.6 is 0 Å². The van der Waals surface area contributed by atoms with Crippen LogP contribution in [0.4, 0.5) is 0 Å². The Hall–Kier alpha value is -1.92. The summed E-state index contributed by atoms with van der Waals surface area (Å²) in [4.78, 5) is 25.1. The molecule has 2 fully saturated rings.